The molecule has 0 spiro atoms. The average molecular weight is 558 g/mol. The first kappa shape index (κ1) is 30.9. The maximum atomic E-state index is 11.9. The lowest BCUT2D eigenvalue weighted by Gasteiger charge is -2.36. The van der Waals surface area contributed by atoms with Crippen molar-refractivity contribution in [3.63, 3.8) is 0 Å². The summed E-state index contributed by atoms with van der Waals surface area (Å²) in [5, 5.41) is 17.4. The van der Waals surface area contributed by atoms with Crippen LogP contribution in [-0.4, -0.2) is 87.9 Å². The highest BCUT2D eigenvalue weighted by Gasteiger charge is 2.22. The Morgan fingerprint density at radius 3 is 2.03 bits per heavy atom. The van der Waals surface area contributed by atoms with Gasteiger partial charge in [0.05, 0.1) is 50.8 Å². The largest absolute Gasteiger partial charge is 0.472 e. The summed E-state index contributed by atoms with van der Waals surface area (Å²) >= 11 is 0. The second-order valence-corrected chi connectivity index (χ2v) is 12.2. The maximum absolute atomic E-state index is 11.9. The second-order valence-electron chi connectivity index (χ2n) is 10.8. The van der Waals surface area contributed by atoms with E-state index in [1.54, 1.807) is 24.3 Å². The Labute approximate surface area is 232 Å². The number of unbranched alkanes of at least 4 members (excludes halogenated alkanes) is 3. The van der Waals surface area contributed by atoms with Gasteiger partial charge in [-0.1, -0.05) is 12.8 Å². The van der Waals surface area contributed by atoms with E-state index >= 15 is 0 Å². The zero-order chi connectivity index (χ0) is 28.1. The van der Waals surface area contributed by atoms with E-state index in [9.17, 15) is 9.46 Å². The molecular weight excluding hydrogens is 515 g/mol. The standard InChI is InChI=1S/C28H41N6O4P/c1-34(2,3)21-23-38-39(35,36)37-22-7-5-4-6-16-32-17-19-33(20-18-32)28-14-12-27(13-15-28)31-30-26-10-8-25(24-29)9-11-26/h8-15H,4-7,16-23H2,1-3H3/p+1. The van der Waals surface area contributed by atoms with E-state index in [1.807, 2.05) is 33.3 Å². The highest BCUT2D eigenvalue weighted by Crippen LogP contribution is 2.43. The number of rotatable bonds is 15. The predicted octanol–water partition coefficient (Wildman–Crippen LogP) is 5.50. The molecule has 3 rings (SSSR count). The van der Waals surface area contributed by atoms with Crippen LogP contribution in [0.15, 0.2) is 58.8 Å². The minimum Gasteiger partial charge on any atom is -0.369 e. The second kappa shape index (κ2) is 15.2. The summed E-state index contributed by atoms with van der Waals surface area (Å²) in [4.78, 5) is 14.7. The first-order chi connectivity index (χ1) is 18.6. The SMILES string of the molecule is C[N+](C)(C)CCOP(=O)(O)OCCCCCCN1CCN(c2ccc(N=Nc3ccc(C#N)cc3)cc2)CC1. The molecule has 212 valence electrons. The molecule has 0 aliphatic carbocycles. The van der Waals surface area contributed by atoms with Crippen LogP contribution < -0.4 is 4.90 Å². The summed E-state index contributed by atoms with van der Waals surface area (Å²) in [7, 11) is 2.05. The number of benzene rings is 2. The highest BCUT2D eigenvalue weighted by atomic mass is 31.2. The molecular formula is C28H42N6O4P+. The number of quaternary nitrogens is 1. The predicted molar refractivity (Wildman–Crippen MR) is 154 cm³/mol. The van der Waals surface area contributed by atoms with Gasteiger partial charge < -0.3 is 14.3 Å². The van der Waals surface area contributed by atoms with Gasteiger partial charge in [0.25, 0.3) is 0 Å². The smallest absolute Gasteiger partial charge is 0.369 e. The topological polar surface area (TPSA) is 111 Å². The third-order valence-corrected chi connectivity index (χ3v) is 7.52. The van der Waals surface area contributed by atoms with Crippen LogP contribution in [0.2, 0.25) is 0 Å². The van der Waals surface area contributed by atoms with Crippen LogP contribution in [-0.2, 0) is 13.6 Å². The molecule has 11 heteroatoms. The summed E-state index contributed by atoms with van der Waals surface area (Å²) < 4.78 is 22.7. The fourth-order valence-corrected chi connectivity index (χ4v) is 4.86. The number of piperazine rings is 1. The fourth-order valence-electron chi connectivity index (χ4n) is 4.12. The van der Waals surface area contributed by atoms with Crippen molar-refractivity contribution in [1.29, 1.82) is 5.26 Å². The van der Waals surface area contributed by atoms with Crippen LogP contribution >= 0.6 is 7.82 Å². The van der Waals surface area contributed by atoms with E-state index in [2.05, 4.69) is 38.2 Å². The van der Waals surface area contributed by atoms with Gasteiger partial charge in [-0.05, 0) is 67.9 Å². The van der Waals surface area contributed by atoms with Crippen molar-refractivity contribution in [3.05, 3.63) is 54.1 Å². The van der Waals surface area contributed by atoms with Crippen molar-refractivity contribution in [2.24, 2.45) is 10.2 Å². The Hall–Kier alpha value is -2.64. The van der Waals surface area contributed by atoms with Gasteiger partial charge in [-0.2, -0.15) is 15.5 Å². The number of likely N-dealkylation sites (N-methyl/N-ethyl adjacent to an activating group) is 1. The molecule has 10 nitrogen and oxygen atoms in total. The molecule has 1 unspecified atom stereocenters. The monoisotopic (exact) mass is 557 g/mol. The van der Waals surface area contributed by atoms with E-state index in [0.717, 1.165) is 69.8 Å². The summed E-state index contributed by atoms with van der Waals surface area (Å²) in [5.74, 6) is 0. The van der Waals surface area contributed by atoms with Crippen molar-refractivity contribution >= 4 is 24.9 Å². The first-order valence-corrected chi connectivity index (χ1v) is 15.0. The molecule has 1 fully saturated rings. The van der Waals surface area contributed by atoms with Crippen molar-refractivity contribution < 1.29 is 23.0 Å². The molecule has 1 aliphatic heterocycles. The van der Waals surface area contributed by atoms with Gasteiger partial charge in [-0.3, -0.25) is 13.9 Å². The number of hydrogen-bond acceptors (Lipinski definition) is 8. The number of anilines is 1. The van der Waals surface area contributed by atoms with Gasteiger partial charge >= 0.3 is 7.82 Å². The zero-order valence-electron chi connectivity index (χ0n) is 23.4. The average Bonchev–Trinajstić information content (AvgIpc) is 2.91. The van der Waals surface area contributed by atoms with E-state index in [1.165, 1.54) is 5.69 Å². The summed E-state index contributed by atoms with van der Waals surface area (Å²) in [5.41, 5.74) is 3.31. The Morgan fingerprint density at radius 1 is 0.872 bits per heavy atom. The number of azo groups is 1. The Balaban J connectivity index is 1.26. The molecule has 0 bridgehead atoms. The summed E-state index contributed by atoms with van der Waals surface area (Å²) in [6.07, 6.45) is 3.89. The molecule has 1 N–H and O–H groups in total. The molecule has 1 atom stereocenters. The molecule has 1 heterocycles. The molecule has 1 saturated heterocycles. The van der Waals surface area contributed by atoms with Gasteiger partial charge in [-0.15, -0.1) is 0 Å². The number of nitrogens with zero attached hydrogens (tertiary/aromatic N) is 6. The zero-order valence-corrected chi connectivity index (χ0v) is 24.3. The van der Waals surface area contributed by atoms with Crippen molar-refractivity contribution in [3.8, 4) is 6.07 Å². The van der Waals surface area contributed by atoms with E-state index in [4.69, 9.17) is 14.3 Å². The lowest BCUT2D eigenvalue weighted by atomic mass is 10.2. The first-order valence-electron chi connectivity index (χ1n) is 13.6. The minimum absolute atomic E-state index is 0.197. The lowest BCUT2D eigenvalue weighted by molar-refractivity contribution is -0.870. The van der Waals surface area contributed by atoms with Gasteiger partial charge in [0.1, 0.15) is 13.2 Å². The van der Waals surface area contributed by atoms with Gasteiger partial charge in [0.15, 0.2) is 0 Å². The maximum Gasteiger partial charge on any atom is 0.472 e. The number of hydrogen-bond donors (Lipinski definition) is 1. The van der Waals surface area contributed by atoms with Gasteiger partial charge in [0, 0.05) is 31.9 Å². The Kier molecular flexibility index (Phi) is 12.1. The third kappa shape index (κ3) is 12.0. The quantitative estimate of drug-likeness (QED) is 0.133. The van der Waals surface area contributed by atoms with Gasteiger partial charge in [-0.25, -0.2) is 4.57 Å². The van der Waals surface area contributed by atoms with E-state index in [-0.39, 0.29) is 13.2 Å². The van der Waals surface area contributed by atoms with Crippen LogP contribution in [0.25, 0.3) is 0 Å². The molecule has 39 heavy (non-hydrogen) atoms. The van der Waals surface area contributed by atoms with Gasteiger partial charge in [0.2, 0.25) is 0 Å². The minimum atomic E-state index is -3.95. The molecule has 2 aromatic carbocycles. The van der Waals surface area contributed by atoms with Crippen LogP contribution in [0.4, 0.5) is 17.1 Å². The third-order valence-electron chi connectivity index (χ3n) is 6.50. The van der Waals surface area contributed by atoms with Crippen molar-refractivity contribution in [2.45, 2.75) is 25.7 Å². The van der Waals surface area contributed by atoms with Crippen LogP contribution in [0.5, 0.6) is 0 Å². The van der Waals surface area contributed by atoms with E-state index in [0.29, 0.717) is 16.6 Å². The molecule has 0 aromatic heterocycles. The Bertz CT molecular complexity index is 1120. The van der Waals surface area contributed by atoms with Crippen LogP contribution in [0.3, 0.4) is 0 Å². The number of phosphoric acid groups is 1. The Morgan fingerprint density at radius 2 is 1.44 bits per heavy atom. The normalized spacial score (nSPS) is 16.3. The summed E-state index contributed by atoms with van der Waals surface area (Å²) in [6.45, 7) is 6.18. The lowest BCUT2D eigenvalue weighted by Crippen LogP contribution is -2.46. The molecule has 1 aliphatic rings. The molecule has 0 amide bonds. The van der Waals surface area contributed by atoms with E-state index < -0.39 is 7.82 Å². The summed E-state index contributed by atoms with van der Waals surface area (Å²) in [6, 6.07) is 17.3. The van der Waals surface area contributed by atoms with Crippen LogP contribution in [0, 0.1) is 11.3 Å². The van der Waals surface area contributed by atoms with Crippen LogP contribution in [0.1, 0.15) is 31.2 Å². The number of phosphoric ester groups is 1. The molecule has 0 radical (unpaired) electrons. The van der Waals surface area contributed by atoms with Crippen molar-refractivity contribution in [2.75, 3.05) is 78.5 Å². The fraction of sp³-hybridized carbons (Fsp3) is 0.536. The molecule has 0 saturated carbocycles. The molecule has 2 aromatic rings. The highest BCUT2D eigenvalue weighted by molar-refractivity contribution is 7.47. The number of nitriles is 1. The van der Waals surface area contributed by atoms with Crippen molar-refractivity contribution in [1.82, 2.24) is 4.90 Å².